The van der Waals surface area contributed by atoms with Gasteiger partial charge in [0.25, 0.3) is 0 Å². The Morgan fingerprint density at radius 2 is 1.86 bits per heavy atom. The van der Waals surface area contributed by atoms with E-state index in [1.807, 2.05) is 45.0 Å². The van der Waals surface area contributed by atoms with Gasteiger partial charge in [0.1, 0.15) is 11.4 Å². The van der Waals surface area contributed by atoms with Gasteiger partial charge in [-0.2, -0.15) is 0 Å². The molecule has 0 saturated heterocycles. The van der Waals surface area contributed by atoms with Crippen LogP contribution in [0.2, 0.25) is 0 Å². The van der Waals surface area contributed by atoms with Gasteiger partial charge in [0.15, 0.2) is 6.10 Å². The Hall–Kier alpha value is -1.71. The topological polar surface area (TPSA) is 38.8 Å². The van der Waals surface area contributed by atoms with E-state index in [4.69, 9.17) is 9.47 Å². The standard InChI is InChI=1S/C17H27NO3/c1-7-18(8-2)14-10-9-11-15(12-14)20-13(3)16(19)21-17(4,5)6/h9-13H,7-8H2,1-6H3. The van der Waals surface area contributed by atoms with Crippen molar-refractivity contribution in [3.63, 3.8) is 0 Å². The molecule has 0 N–H and O–H groups in total. The minimum atomic E-state index is -0.629. The van der Waals surface area contributed by atoms with Gasteiger partial charge in [0.05, 0.1) is 0 Å². The molecule has 0 amide bonds. The summed E-state index contributed by atoms with van der Waals surface area (Å²) in [6.45, 7) is 13.3. The summed E-state index contributed by atoms with van der Waals surface area (Å²) in [5.74, 6) is 0.327. The SMILES string of the molecule is CCN(CC)c1cccc(OC(C)C(=O)OC(C)(C)C)c1. The second-order valence-corrected chi connectivity index (χ2v) is 5.96. The molecular formula is C17H27NO3. The Balaban J connectivity index is 2.74. The van der Waals surface area contributed by atoms with Gasteiger partial charge in [0.2, 0.25) is 0 Å². The van der Waals surface area contributed by atoms with Gasteiger partial charge in [-0.15, -0.1) is 0 Å². The third kappa shape index (κ3) is 5.66. The molecule has 0 fully saturated rings. The zero-order valence-electron chi connectivity index (χ0n) is 14.0. The van der Waals surface area contributed by atoms with E-state index in [2.05, 4.69) is 18.7 Å². The molecule has 0 aliphatic heterocycles. The number of benzene rings is 1. The van der Waals surface area contributed by atoms with Gasteiger partial charge in [-0.25, -0.2) is 4.79 Å². The Morgan fingerprint density at radius 1 is 1.24 bits per heavy atom. The average molecular weight is 293 g/mol. The van der Waals surface area contributed by atoms with Crippen molar-refractivity contribution in [2.45, 2.75) is 53.2 Å². The molecule has 0 radical (unpaired) electrons. The van der Waals surface area contributed by atoms with Crippen LogP contribution in [0.15, 0.2) is 24.3 Å². The third-order valence-electron chi connectivity index (χ3n) is 3.00. The summed E-state index contributed by atoms with van der Waals surface area (Å²) in [6, 6.07) is 7.78. The smallest absolute Gasteiger partial charge is 0.347 e. The average Bonchev–Trinajstić information content (AvgIpc) is 2.38. The molecule has 1 aromatic carbocycles. The second kappa shape index (κ2) is 7.34. The van der Waals surface area contributed by atoms with E-state index in [1.54, 1.807) is 6.92 Å². The normalized spacial score (nSPS) is 12.7. The van der Waals surface area contributed by atoms with Crippen LogP contribution >= 0.6 is 0 Å². The molecule has 0 saturated carbocycles. The molecule has 1 aromatic rings. The van der Waals surface area contributed by atoms with Gasteiger partial charge in [-0.3, -0.25) is 0 Å². The third-order valence-corrected chi connectivity index (χ3v) is 3.00. The number of hydrogen-bond donors (Lipinski definition) is 0. The predicted octanol–water partition coefficient (Wildman–Crippen LogP) is 3.64. The van der Waals surface area contributed by atoms with Crippen LogP contribution < -0.4 is 9.64 Å². The van der Waals surface area contributed by atoms with Crippen molar-refractivity contribution in [3.05, 3.63) is 24.3 Å². The van der Waals surface area contributed by atoms with Crippen molar-refractivity contribution in [1.82, 2.24) is 0 Å². The highest BCUT2D eigenvalue weighted by Crippen LogP contribution is 2.22. The monoisotopic (exact) mass is 293 g/mol. The lowest BCUT2D eigenvalue weighted by Gasteiger charge is -2.24. The summed E-state index contributed by atoms with van der Waals surface area (Å²) in [7, 11) is 0. The lowest BCUT2D eigenvalue weighted by atomic mass is 10.2. The number of esters is 1. The minimum absolute atomic E-state index is 0.351. The molecular weight excluding hydrogens is 266 g/mol. The summed E-state index contributed by atoms with van der Waals surface area (Å²) >= 11 is 0. The number of nitrogens with zero attached hydrogens (tertiary/aromatic N) is 1. The molecule has 21 heavy (non-hydrogen) atoms. The number of hydrogen-bond acceptors (Lipinski definition) is 4. The fraction of sp³-hybridized carbons (Fsp3) is 0.588. The zero-order chi connectivity index (χ0) is 16.0. The van der Waals surface area contributed by atoms with E-state index in [9.17, 15) is 4.79 Å². The molecule has 0 aliphatic rings. The lowest BCUT2D eigenvalue weighted by molar-refractivity contribution is -0.162. The molecule has 0 heterocycles. The molecule has 118 valence electrons. The molecule has 0 spiro atoms. The first-order chi connectivity index (χ1) is 9.76. The highest BCUT2D eigenvalue weighted by atomic mass is 16.6. The van der Waals surface area contributed by atoms with Gasteiger partial charge in [-0.05, 0) is 53.7 Å². The highest BCUT2D eigenvalue weighted by molar-refractivity contribution is 5.75. The van der Waals surface area contributed by atoms with Gasteiger partial charge >= 0.3 is 5.97 Å². The Labute approximate surface area is 128 Å². The van der Waals surface area contributed by atoms with Gasteiger partial charge in [-0.1, -0.05) is 6.07 Å². The maximum Gasteiger partial charge on any atom is 0.347 e. The van der Waals surface area contributed by atoms with Crippen LogP contribution in [0.4, 0.5) is 5.69 Å². The molecule has 4 nitrogen and oxygen atoms in total. The van der Waals surface area contributed by atoms with Crippen molar-refractivity contribution in [2.24, 2.45) is 0 Å². The summed E-state index contributed by atoms with van der Waals surface area (Å²) < 4.78 is 11.0. The Kier molecular flexibility index (Phi) is 6.06. The Morgan fingerprint density at radius 3 is 2.38 bits per heavy atom. The molecule has 1 unspecified atom stereocenters. The maximum absolute atomic E-state index is 11.9. The summed E-state index contributed by atoms with van der Waals surface area (Å²) in [4.78, 5) is 14.2. The van der Waals surface area contributed by atoms with E-state index in [0.717, 1.165) is 18.8 Å². The van der Waals surface area contributed by atoms with E-state index in [0.29, 0.717) is 5.75 Å². The van der Waals surface area contributed by atoms with Crippen molar-refractivity contribution in [2.75, 3.05) is 18.0 Å². The summed E-state index contributed by atoms with van der Waals surface area (Å²) in [5, 5.41) is 0. The van der Waals surface area contributed by atoms with E-state index in [-0.39, 0.29) is 5.97 Å². The van der Waals surface area contributed by atoms with Crippen molar-refractivity contribution in [3.8, 4) is 5.75 Å². The van der Waals surface area contributed by atoms with Crippen LogP contribution in [0, 0.1) is 0 Å². The van der Waals surface area contributed by atoms with Crippen LogP contribution in [-0.4, -0.2) is 30.8 Å². The van der Waals surface area contributed by atoms with Crippen molar-refractivity contribution in [1.29, 1.82) is 0 Å². The number of ether oxygens (including phenoxy) is 2. The number of carbonyl (C=O) groups excluding carboxylic acids is 1. The summed E-state index contributed by atoms with van der Waals surface area (Å²) in [6.07, 6.45) is -0.629. The first kappa shape index (κ1) is 17.3. The molecule has 0 bridgehead atoms. The van der Waals surface area contributed by atoms with Crippen LogP contribution in [0.5, 0.6) is 5.75 Å². The predicted molar refractivity (Wildman–Crippen MR) is 85.9 cm³/mol. The second-order valence-electron chi connectivity index (χ2n) is 5.96. The fourth-order valence-corrected chi connectivity index (χ4v) is 1.98. The summed E-state index contributed by atoms with van der Waals surface area (Å²) in [5.41, 5.74) is 0.589. The van der Waals surface area contributed by atoms with Gasteiger partial charge in [0, 0.05) is 24.8 Å². The lowest BCUT2D eigenvalue weighted by Crippen LogP contribution is -2.33. The van der Waals surface area contributed by atoms with E-state index < -0.39 is 11.7 Å². The number of carbonyl (C=O) groups is 1. The largest absolute Gasteiger partial charge is 0.479 e. The highest BCUT2D eigenvalue weighted by Gasteiger charge is 2.23. The first-order valence-electron chi connectivity index (χ1n) is 7.51. The van der Waals surface area contributed by atoms with Gasteiger partial charge < -0.3 is 14.4 Å². The van der Waals surface area contributed by atoms with Crippen molar-refractivity contribution < 1.29 is 14.3 Å². The van der Waals surface area contributed by atoms with Crippen LogP contribution in [0.3, 0.4) is 0 Å². The first-order valence-corrected chi connectivity index (χ1v) is 7.51. The maximum atomic E-state index is 11.9. The molecule has 0 aromatic heterocycles. The number of anilines is 1. The van der Waals surface area contributed by atoms with Crippen LogP contribution in [0.25, 0.3) is 0 Å². The van der Waals surface area contributed by atoms with Crippen LogP contribution in [-0.2, 0) is 9.53 Å². The fourth-order valence-electron chi connectivity index (χ4n) is 1.98. The molecule has 1 atom stereocenters. The number of rotatable bonds is 6. The quantitative estimate of drug-likeness (QED) is 0.751. The van der Waals surface area contributed by atoms with E-state index >= 15 is 0 Å². The molecule has 1 rings (SSSR count). The molecule has 4 heteroatoms. The van der Waals surface area contributed by atoms with Crippen LogP contribution in [0.1, 0.15) is 41.5 Å². The molecule has 0 aliphatic carbocycles. The van der Waals surface area contributed by atoms with Crippen molar-refractivity contribution >= 4 is 11.7 Å². The zero-order valence-corrected chi connectivity index (χ0v) is 14.0. The Bertz CT molecular complexity index is 461. The minimum Gasteiger partial charge on any atom is -0.479 e. The van der Waals surface area contributed by atoms with E-state index in [1.165, 1.54) is 0 Å².